The van der Waals surface area contributed by atoms with Crippen LogP contribution in [0.1, 0.15) is 26.7 Å². The highest BCUT2D eigenvalue weighted by molar-refractivity contribution is 8.45. The Morgan fingerprint density at radius 1 is 1.59 bits per heavy atom. The number of hydrazone groups is 1. The number of aliphatic imine (C=N–C) groups is 1. The summed E-state index contributed by atoms with van der Waals surface area (Å²) >= 11 is 2.79. The predicted octanol–water partition coefficient (Wildman–Crippen LogP) is 1.69. The van der Waals surface area contributed by atoms with Gasteiger partial charge in [-0.3, -0.25) is 9.59 Å². The van der Waals surface area contributed by atoms with Crippen LogP contribution in [0.4, 0.5) is 0 Å². The van der Waals surface area contributed by atoms with Gasteiger partial charge in [-0.15, -0.1) is 0 Å². The molecule has 2 rings (SSSR count). The molecule has 0 saturated heterocycles. The monoisotopic (exact) mass is 271 g/mol. The molecule has 2 heterocycles. The zero-order chi connectivity index (χ0) is 12.4. The van der Waals surface area contributed by atoms with Crippen molar-refractivity contribution >= 4 is 44.8 Å². The number of amidine groups is 1. The van der Waals surface area contributed by atoms with Crippen LogP contribution in [0.15, 0.2) is 10.1 Å². The van der Waals surface area contributed by atoms with Gasteiger partial charge in [-0.1, -0.05) is 11.8 Å². The van der Waals surface area contributed by atoms with Crippen LogP contribution in [-0.4, -0.2) is 38.0 Å². The second-order valence-corrected chi connectivity index (χ2v) is 6.40. The maximum Gasteiger partial charge on any atom is 0.248 e. The molecule has 0 radical (unpaired) electrons. The SMILES string of the molecule is CC(=O)C(C)SC1=NN2CCCC(=O)N=C2S1. The first-order valence-electron chi connectivity index (χ1n) is 5.39. The lowest BCUT2D eigenvalue weighted by Crippen LogP contribution is -2.18. The lowest BCUT2D eigenvalue weighted by atomic mass is 10.3. The third kappa shape index (κ3) is 3.10. The lowest BCUT2D eigenvalue weighted by Gasteiger charge is -2.08. The molecule has 2 aliphatic rings. The van der Waals surface area contributed by atoms with Crippen LogP contribution in [-0.2, 0) is 9.59 Å². The van der Waals surface area contributed by atoms with E-state index in [4.69, 9.17) is 0 Å². The van der Waals surface area contributed by atoms with Crippen molar-refractivity contribution < 1.29 is 9.59 Å². The molecule has 17 heavy (non-hydrogen) atoms. The summed E-state index contributed by atoms with van der Waals surface area (Å²) in [6.07, 6.45) is 1.26. The summed E-state index contributed by atoms with van der Waals surface area (Å²) in [4.78, 5) is 26.5. The Labute approximate surface area is 108 Å². The van der Waals surface area contributed by atoms with Crippen molar-refractivity contribution in [2.24, 2.45) is 10.1 Å². The van der Waals surface area contributed by atoms with Crippen LogP contribution in [0.25, 0.3) is 0 Å². The summed E-state index contributed by atoms with van der Waals surface area (Å²) in [5, 5.41) is 6.66. The Morgan fingerprint density at radius 3 is 3.06 bits per heavy atom. The fourth-order valence-electron chi connectivity index (χ4n) is 1.34. The predicted molar refractivity (Wildman–Crippen MR) is 71.1 cm³/mol. The molecule has 0 bridgehead atoms. The van der Waals surface area contributed by atoms with Crippen molar-refractivity contribution in [3.63, 3.8) is 0 Å². The maximum atomic E-state index is 11.3. The van der Waals surface area contributed by atoms with E-state index in [-0.39, 0.29) is 16.9 Å². The number of hydrogen-bond acceptors (Lipinski definition) is 6. The fourth-order valence-corrected chi connectivity index (χ4v) is 3.49. The standard InChI is InChI=1S/C10H13N3O2S2/c1-6(14)7(2)16-10-12-13-5-3-4-8(15)11-9(13)17-10/h7H,3-5H2,1-2H3. The maximum absolute atomic E-state index is 11.3. The minimum Gasteiger partial charge on any atom is -0.299 e. The van der Waals surface area contributed by atoms with Gasteiger partial charge in [-0.2, -0.15) is 10.1 Å². The topological polar surface area (TPSA) is 62.1 Å². The van der Waals surface area contributed by atoms with Crippen LogP contribution in [0.2, 0.25) is 0 Å². The van der Waals surface area contributed by atoms with E-state index >= 15 is 0 Å². The average Bonchev–Trinajstić information content (AvgIpc) is 2.52. The Kier molecular flexibility index (Phi) is 3.88. The number of thioether (sulfide) groups is 2. The first-order chi connectivity index (χ1) is 8.06. The lowest BCUT2D eigenvalue weighted by molar-refractivity contribution is -0.118. The van der Waals surface area contributed by atoms with Crippen molar-refractivity contribution in [3.8, 4) is 0 Å². The Hall–Kier alpha value is -0.820. The summed E-state index contributed by atoms with van der Waals surface area (Å²) in [6.45, 7) is 4.14. The summed E-state index contributed by atoms with van der Waals surface area (Å²) < 4.78 is 0.793. The molecule has 7 heteroatoms. The van der Waals surface area contributed by atoms with Crippen LogP contribution in [0, 0.1) is 0 Å². The van der Waals surface area contributed by atoms with E-state index in [0.29, 0.717) is 11.6 Å². The molecule has 0 saturated carbocycles. The van der Waals surface area contributed by atoms with Gasteiger partial charge in [0.15, 0.2) is 9.54 Å². The highest BCUT2D eigenvalue weighted by Crippen LogP contribution is 2.31. The smallest absolute Gasteiger partial charge is 0.248 e. The molecule has 2 aliphatic heterocycles. The van der Waals surface area contributed by atoms with Crippen molar-refractivity contribution in [3.05, 3.63) is 0 Å². The zero-order valence-corrected chi connectivity index (χ0v) is 11.3. The largest absolute Gasteiger partial charge is 0.299 e. The average molecular weight is 271 g/mol. The number of rotatable bonds is 2. The van der Waals surface area contributed by atoms with Gasteiger partial charge in [0.25, 0.3) is 0 Å². The second kappa shape index (κ2) is 5.22. The normalized spacial score (nSPS) is 21.5. The van der Waals surface area contributed by atoms with E-state index in [0.717, 1.165) is 17.3 Å². The number of nitrogens with zero attached hydrogens (tertiary/aromatic N) is 3. The molecule has 0 aromatic heterocycles. The first kappa shape index (κ1) is 12.6. The van der Waals surface area contributed by atoms with Crippen molar-refractivity contribution in [2.45, 2.75) is 31.9 Å². The summed E-state index contributed by atoms with van der Waals surface area (Å²) in [5.41, 5.74) is 0. The highest BCUT2D eigenvalue weighted by atomic mass is 32.2. The Morgan fingerprint density at radius 2 is 2.35 bits per heavy atom. The molecule has 0 N–H and O–H groups in total. The summed E-state index contributed by atoms with van der Waals surface area (Å²) in [7, 11) is 0. The third-order valence-electron chi connectivity index (χ3n) is 2.43. The van der Waals surface area contributed by atoms with Crippen LogP contribution in [0.3, 0.4) is 0 Å². The van der Waals surface area contributed by atoms with Crippen molar-refractivity contribution in [1.82, 2.24) is 5.01 Å². The van der Waals surface area contributed by atoms with E-state index < -0.39 is 0 Å². The van der Waals surface area contributed by atoms with Gasteiger partial charge in [0, 0.05) is 13.0 Å². The molecule has 0 fully saturated rings. The van der Waals surface area contributed by atoms with Crippen molar-refractivity contribution in [2.75, 3.05) is 6.54 Å². The number of amides is 1. The minimum absolute atomic E-state index is 0.0870. The number of carbonyl (C=O) groups is 2. The van der Waals surface area contributed by atoms with Crippen LogP contribution >= 0.6 is 23.5 Å². The Bertz CT molecular complexity index is 420. The van der Waals surface area contributed by atoms with Crippen molar-refractivity contribution in [1.29, 1.82) is 0 Å². The van der Waals surface area contributed by atoms with E-state index in [2.05, 4.69) is 10.1 Å². The van der Waals surface area contributed by atoms with Gasteiger partial charge in [-0.05, 0) is 32.0 Å². The molecule has 0 aromatic carbocycles. The van der Waals surface area contributed by atoms with Gasteiger partial charge in [-0.25, -0.2) is 5.01 Å². The number of Topliss-reactive ketones (excluding diaryl/α,β-unsaturated/α-hetero) is 1. The van der Waals surface area contributed by atoms with Gasteiger partial charge < -0.3 is 0 Å². The molecular weight excluding hydrogens is 258 g/mol. The number of carbonyl (C=O) groups excluding carboxylic acids is 2. The molecule has 1 amide bonds. The molecule has 1 atom stereocenters. The van der Waals surface area contributed by atoms with Crippen LogP contribution in [0.5, 0.6) is 0 Å². The van der Waals surface area contributed by atoms with E-state index in [9.17, 15) is 9.59 Å². The van der Waals surface area contributed by atoms with E-state index in [1.807, 2.05) is 6.92 Å². The zero-order valence-electron chi connectivity index (χ0n) is 9.67. The molecular formula is C10H13N3O2S2. The third-order valence-corrected chi connectivity index (χ3v) is 4.68. The molecule has 5 nitrogen and oxygen atoms in total. The summed E-state index contributed by atoms with van der Waals surface area (Å²) in [6, 6.07) is 0. The van der Waals surface area contributed by atoms with Gasteiger partial charge in [0.05, 0.1) is 5.25 Å². The molecule has 0 spiro atoms. The summed E-state index contributed by atoms with van der Waals surface area (Å²) in [5.74, 6) is 0.0366. The van der Waals surface area contributed by atoms with E-state index in [1.165, 1.54) is 23.5 Å². The van der Waals surface area contributed by atoms with Crippen LogP contribution < -0.4 is 0 Å². The first-order valence-corrected chi connectivity index (χ1v) is 7.08. The second-order valence-electron chi connectivity index (χ2n) is 3.85. The van der Waals surface area contributed by atoms with Gasteiger partial charge >= 0.3 is 0 Å². The quantitative estimate of drug-likeness (QED) is 0.765. The van der Waals surface area contributed by atoms with E-state index in [1.54, 1.807) is 11.9 Å². The molecule has 0 aliphatic carbocycles. The highest BCUT2D eigenvalue weighted by Gasteiger charge is 2.28. The molecule has 1 unspecified atom stereocenters. The van der Waals surface area contributed by atoms with Gasteiger partial charge in [0.2, 0.25) is 5.91 Å². The fraction of sp³-hybridized carbons (Fsp3) is 0.600. The molecule has 92 valence electrons. The molecule has 0 aromatic rings. The van der Waals surface area contributed by atoms with Gasteiger partial charge in [0.1, 0.15) is 5.78 Å². The number of fused-ring (bicyclic) bond motifs is 1. The number of hydrogen-bond donors (Lipinski definition) is 0. The minimum atomic E-state index is -0.110. The Balaban J connectivity index is 2.05. The number of ketones is 1.